The Balaban J connectivity index is 1.98. The maximum atomic E-state index is 9.95. The van der Waals surface area contributed by atoms with Gasteiger partial charge >= 0.3 is 0 Å². The summed E-state index contributed by atoms with van der Waals surface area (Å²) in [5, 5.41) is 9.95. The van der Waals surface area contributed by atoms with Gasteiger partial charge < -0.3 is 9.84 Å². The SMILES string of the molecule is COc1ccc(CN2CCC(C(C)C)C2)c(O)c1. The normalized spacial score (nSPS) is 20.6. The predicted molar refractivity (Wildman–Crippen MR) is 72.9 cm³/mol. The Bertz CT molecular complexity index is 403. The molecule has 1 aromatic rings. The van der Waals surface area contributed by atoms with Crippen LogP contribution in [0.25, 0.3) is 0 Å². The van der Waals surface area contributed by atoms with Crippen molar-refractivity contribution in [2.45, 2.75) is 26.8 Å². The zero-order valence-electron chi connectivity index (χ0n) is 11.5. The molecule has 0 saturated carbocycles. The summed E-state index contributed by atoms with van der Waals surface area (Å²) in [6.07, 6.45) is 1.27. The molecule has 1 aliphatic rings. The highest BCUT2D eigenvalue weighted by atomic mass is 16.5. The number of phenols is 1. The molecule has 1 N–H and O–H groups in total. The molecule has 1 atom stereocenters. The molecule has 1 heterocycles. The third kappa shape index (κ3) is 2.96. The van der Waals surface area contributed by atoms with Gasteiger partial charge in [-0.05, 0) is 30.9 Å². The predicted octanol–water partition coefficient (Wildman–Crippen LogP) is 2.88. The molecule has 3 nitrogen and oxygen atoms in total. The smallest absolute Gasteiger partial charge is 0.123 e. The van der Waals surface area contributed by atoms with Crippen LogP contribution in [-0.4, -0.2) is 30.2 Å². The maximum absolute atomic E-state index is 9.95. The van der Waals surface area contributed by atoms with Gasteiger partial charge in [-0.15, -0.1) is 0 Å². The Morgan fingerprint density at radius 2 is 2.22 bits per heavy atom. The second-order valence-corrected chi connectivity index (χ2v) is 5.52. The quantitative estimate of drug-likeness (QED) is 0.890. The molecule has 0 spiro atoms. The van der Waals surface area contributed by atoms with Gasteiger partial charge in [0.15, 0.2) is 0 Å². The monoisotopic (exact) mass is 249 g/mol. The minimum Gasteiger partial charge on any atom is -0.507 e. The van der Waals surface area contributed by atoms with Crippen molar-refractivity contribution in [3.63, 3.8) is 0 Å². The summed E-state index contributed by atoms with van der Waals surface area (Å²) in [7, 11) is 1.61. The first-order chi connectivity index (χ1) is 8.60. The summed E-state index contributed by atoms with van der Waals surface area (Å²) in [4.78, 5) is 2.42. The van der Waals surface area contributed by atoms with Crippen LogP contribution in [0.2, 0.25) is 0 Å². The van der Waals surface area contributed by atoms with Crippen molar-refractivity contribution >= 4 is 0 Å². The molecule has 1 fully saturated rings. The zero-order chi connectivity index (χ0) is 13.1. The van der Waals surface area contributed by atoms with E-state index in [1.54, 1.807) is 13.2 Å². The third-order valence-corrected chi connectivity index (χ3v) is 3.94. The van der Waals surface area contributed by atoms with Crippen LogP contribution in [0.15, 0.2) is 18.2 Å². The number of aromatic hydroxyl groups is 1. The molecule has 0 amide bonds. The van der Waals surface area contributed by atoms with Gasteiger partial charge in [0.2, 0.25) is 0 Å². The minimum atomic E-state index is 0.336. The molecule has 0 radical (unpaired) electrons. The average molecular weight is 249 g/mol. The lowest BCUT2D eigenvalue weighted by Crippen LogP contribution is -2.21. The van der Waals surface area contributed by atoms with E-state index in [0.717, 1.165) is 37.0 Å². The number of likely N-dealkylation sites (tertiary alicyclic amines) is 1. The topological polar surface area (TPSA) is 32.7 Å². The van der Waals surface area contributed by atoms with Gasteiger partial charge in [-0.25, -0.2) is 0 Å². The number of phenolic OH excluding ortho intramolecular Hbond substituents is 1. The highest BCUT2D eigenvalue weighted by Gasteiger charge is 2.25. The van der Waals surface area contributed by atoms with Crippen molar-refractivity contribution < 1.29 is 9.84 Å². The molecule has 100 valence electrons. The van der Waals surface area contributed by atoms with Crippen LogP contribution in [0.5, 0.6) is 11.5 Å². The molecule has 3 heteroatoms. The van der Waals surface area contributed by atoms with Crippen LogP contribution in [0.4, 0.5) is 0 Å². The van der Waals surface area contributed by atoms with Gasteiger partial charge in [0.05, 0.1) is 7.11 Å². The molecule has 1 saturated heterocycles. The van der Waals surface area contributed by atoms with Crippen LogP contribution in [0, 0.1) is 11.8 Å². The number of ether oxygens (including phenoxy) is 1. The molecule has 2 rings (SSSR count). The average Bonchev–Trinajstić information content (AvgIpc) is 2.80. The molecule has 0 aromatic heterocycles. The first-order valence-corrected chi connectivity index (χ1v) is 6.68. The molecule has 0 aliphatic carbocycles. The first kappa shape index (κ1) is 13.2. The molecular formula is C15H23NO2. The van der Waals surface area contributed by atoms with Gasteiger partial charge in [-0.2, -0.15) is 0 Å². The Morgan fingerprint density at radius 3 is 2.78 bits per heavy atom. The Hall–Kier alpha value is -1.22. The lowest BCUT2D eigenvalue weighted by atomic mass is 9.95. The highest BCUT2D eigenvalue weighted by molar-refractivity contribution is 5.39. The van der Waals surface area contributed by atoms with Gasteiger partial charge in [0, 0.05) is 24.7 Å². The number of hydrogen-bond donors (Lipinski definition) is 1. The molecule has 18 heavy (non-hydrogen) atoms. The second-order valence-electron chi connectivity index (χ2n) is 5.52. The standard InChI is InChI=1S/C15H23NO2/c1-11(2)12-6-7-16(9-12)10-13-4-5-14(18-3)8-15(13)17/h4-5,8,11-12,17H,6-7,9-10H2,1-3H3. The second kappa shape index (κ2) is 5.61. The van der Waals surface area contributed by atoms with E-state index in [4.69, 9.17) is 4.74 Å². The molecule has 1 unspecified atom stereocenters. The fourth-order valence-corrected chi connectivity index (χ4v) is 2.60. The summed E-state index contributed by atoms with van der Waals surface area (Å²) in [6, 6.07) is 5.55. The van der Waals surface area contributed by atoms with Crippen molar-refractivity contribution in [1.82, 2.24) is 4.90 Å². The summed E-state index contributed by atoms with van der Waals surface area (Å²) in [5.74, 6) is 2.59. The number of nitrogens with zero attached hydrogens (tertiary/aromatic N) is 1. The summed E-state index contributed by atoms with van der Waals surface area (Å²) >= 11 is 0. The van der Waals surface area contributed by atoms with E-state index in [9.17, 15) is 5.11 Å². The highest BCUT2D eigenvalue weighted by Crippen LogP contribution is 2.28. The summed E-state index contributed by atoms with van der Waals surface area (Å²) < 4.78 is 5.09. The van der Waals surface area contributed by atoms with E-state index >= 15 is 0 Å². The van der Waals surface area contributed by atoms with Crippen LogP contribution in [0.3, 0.4) is 0 Å². The van der Waals surface area contributed by atoms with Crippen LogP contribution >= 0.6 is 0 Å². The number of hydrogen-bond acceptors (Lipinski definition) is 3. The van der Waals surface area contributed by atoms with Crippen molar-refractivity contribution in [2.75, 3.05) is 20.2 Å². The summed E-state index contributed by atoms with van der Waals surface area (Å²) in [6.45, 7) is 7.69. The van der Waals surface area contributed by atoms with E-state index in [-0.39, 0.29) is 0 Å². The van der Waals surface area contributed by atoms with Crippen LogP contribution in [0.1, 0.15) is 25.8 Å². The number of rotatable bonds is 4. The zero-order valence-corrected chi connectivity index (χ0v) is 11.5. The molecule has 1 aromatic carbocycles. The Labute approximate surface area is 109 Å². The van der Waals surface area contributed by atoms with Gasteiger partial charge in [-0.3, -0.25) is 4.90 Å². The van der Waals surface area contributed by atoms with Gasteiger partial charge in [0.25, 0.3) is 0 Å². The fourth-order valence-electron chi connectivity index (χ4n) is 2.60. The van der Waals surface area contributed by atoms with E-state index < -0.39 is 0 Å². The van der Waals surface area contributed by atoms with E-state index in [2.05, 4.69) is 18.7 Å². The van der Waals surface area contributed by atoms with Gasteiger partial charge in [0.1, 0.15) is 11.5 Å². The third-order valence-electron chi connectivity index (χ3n) is 3.94. The maximum Gasteiger partial charge on any atom is 0.123 e. The van der Waals surface area contributed by atoms with E-state index in [1.165, 1.54) is 6.42 Å². The minimum absolute atomic E-state index is 0.336. The molecular weight excluding hydrogens is 226 g/mol. The number of benzene rings is 1. The lowest BCUT2D eigenvalue weighted by molar-refractivity contribution is 0.292. The van der Waals surface area contributed by atoms with Gasteiger partial charge in [-0.1, -0.05) is 19.9 Å². The lowest BCUT2D eigenvalue weighted by Gasteiger charge is -2.18. The molecule has 0 bridgehead atoms. The first-order valence-electron chi connectivity index (χ1n) is 6.68. The van der Waals surface area contributed by atoms with Crippen molar-refractivity contribution in [2.24, 2.45) is 11.8 Å². The molecule has 1 aliphatic heterocycles. The largest absolute Gasteiger partial charge is 0.507 e. The number of methoxy groups -OCH3 is 1. The van der Waals surface area contributed by atoms with E-state index in [0.29, 0.717) is 11.5 Å². The van der Waals surface area contributed by atoms with Crippen molar-refractivity contribution in [1.29, 1.82) is 0 Å². The van der Waals surface area contributed by atoms with Crippen LogP contribution in [-0.2, 0) is 6.54 Å². The van der Waals surface area contributed by atoms with Crippen molar-refractivity contribution in [3.05, 3.63) is 23.8 Å². The summed E-state index contributed by atoms with van der Waals surface area (Å²) in [5.41, 5.74) is 0.986. The fraction of sp³-hybridized carbons (Fsp3) is 0.600. The Morgan fingerprint density at radius 1 is 1.44 bits per heavy atom. The van der Waals surface area contributed by atoms with E-state index in [1.807, 2.05) is 12.1 Å². The van der Waals surface area contributed by atoms with Crippen molar-refractivity contribution in [3.8, 4) is 11.5 Å². The van der Waals surface area contributed by atoms with Crippen LogP contribution < -0.4 is 4.74 Å². The Kier molecular flexibility index (Phi) is 4.12.